The summed E-state index contributed by atoms with van der Waals surface area (Å²) in [6.07, 6.45) is 6.80. The number of ether oxygens (including phenoxy) is 2. The highest BCUT2D eigenvalue weighted by molar-refractivity contribution is 6.09. The van der Waals surface area contributed by atoms with E-state index in [0.29, 0.717) is 13.2 Å². The van der Waals surface area contributed by atoms with Crippen LogP contribution in [-0.4, -0.2) is 13.2 Å². The second-order valence-corrected chi connectivity index (χ2v) is 12.2. The van der Waals surface area contributed by atoms with Crippen LogP contribution in [0.25, 0.3) is 43.8 Å². The molecule has 0 bridgehead atoms. The van der Waals surface area contributed by atoms with Gasteiger partial charge in [-0.3, -0.25) is 0 Å². The van der Waals surface area contributed by atoms with E-state index in [1.165, 1.54) is 75.9 Å². The van der Waals surface area contributed by atoms with Crippen LogP contribution >= 0.6 is 0 Å². The Morgan fingerprint density at radius 2 is 0.884 bits per heavy atom. The highest BCUT2D eigenvalue weighted by Crippen LogP contribution is 2.46. The fourth-order valence-electron chi connectivity index (χ4n) is 7.21. The van der Waals surface area contributed by atoms with Gasteiger partial charge in [0.05, 0.1) is 19.1 Å². The van der Waals surface area contributed by atoms with Crippen LogP contribution in [0.3, 0.4) is 0 Å². The van der Waals surface area contributed by atoms with Crippen LogP contribution in [0.1, 0.15) is 55.1 Å². The minimum absolute atomic E-state index is 0.0967. The van der Waals surface area contributed by atoms with E-state index in [2.05, 4.69) is 121 Å². The first-order valence-electron chi connectivity index (χ1n) is 15.8. The molecule has 0 atom stereocenters. The average Bonchev–Trinajstić information content (AvgIpc) is 3.17. The Morgan fingerprint density at radius 1 is 0.419 bits per heavy atom. The Bertz CT molecular complexity index is 1810. The Kier molecular flexibility index (Phi) is 6.84. The van der Waals surface area contributed by atoms with Crippen molar-refractivity contribution >= 4 is 21.5 Å². The van der Waals surface area contributed by atoms with Gasteiger partial charge in [-0.25, -0.2) is 0 Å². The second-order valence-electron chi connectivity index (χ2n) is 12.2. The van der Waals surface area contributed by atoms with Crippen LogP contribution in [0.2, 0.25) is 0 Å². The van der Waals surface area contributed by atoms with Crippen LogP contribution in [0.15, 0.2) is 121 Å². The number of hydrogen-bond donors (Lipinski definition) is 0. The summed E-state index contributed by atoms with van der Waals surface area (Å²) < 4.78 is 13.4. The van der Waals surface area contributed by atoms with Crippen LogP contribution in [0, 0.1) is 0 Å². The van der Waals surface area contributed by atoms with E-state index in [9.17, 15) is 0 Å². The molecule has 1 saturated carbocycles. The maximum atomic E-state index is 6.70. The maximum absolute atomic E-state index is 6.70. The van der Waals surface area contributed by atoms with Gasteiger partial charge in [0, 0.05) is 11.1 Å². The van der Waals surface area contributed by atoms with E-state index in [1.54, 1.807) is 0 Å². The summed E-state index contributed by atoms with van der Waals surface area (Å²) in [6.45, 7) is 1.10. The minimum atomic E-state index is 0.0967. The molecule has 8 rings (SSSR count). The molecule has 0 unspecified atom stereocenters. The van der Waals surface area contributed by atoms with E-state index in [4.69, 9.17) is 9.47 Å². The van der Waals surface area contributed by atoms with Gasteiger partial charge in [0.25, 0.3) is 0 Å². The molecule has 1 aliphatic carbocycles. The van der Waals surface area contributed by atoms with Crippen LogP contribution in [0.4, 0.5) is 0 Å². The van der Waals surface area contributed by atoms with Gasteiger partial charge >= 0.3 is 0 Å². The van der Waals surface area contributed by atoms with Crippen LogP contribution in [-0.2, 0) is 0 Å². The highest BCUT2D eigenvalue weighted by atomic mass is 16.5. The predicted molar refractivity (Wildman–Crippen MR) is 178 cm³/mol. The van der Waals surface area contributed by atoms with Gasteiger partial charge in [0.2, 0.25) is 0 Å². The van der Waals surface area contributed by atoms with Gasteiger partial charge in [0.1, 0.15) is 11.5 Å². The van der Waals surface area contributed by atoms with Gasteiger partial charge < -0.3 is 9.47 Å². The standard InChI is InChI=1S/C41H36O2/c1-2-8-28(9-3-1)29-14-16-30(17-15-29)31-18-20-32(21-19-31)35-26-42-38-24-22-33-10-4-6-12-36(33)40(38)41-37-13-7-5-11-34(37)23-25-39(41)43-27-35/h4-7,10-25,28,35H,1-3,8-9,26-27H2. The SMILES string of the molecule is c1ccc2c3c(ccc2c1)OCC(c1ccc(-c2ccc(C4CCCCC4)cc2)cc1)COc1ccc2ccccc2c1-3. The molecule has 2 heteroatoms. The first-order valence-corrected chi connectivity index (χ1v) is 15.8. The lowest BCUT2D eigenvalue weighted by molar-refractivity contribution is 0.223. The third-order valence-corrected chi connectivity index (χ3v) is 9.61. The summed E-state index contributed by atoms with van der Waals surface area (Å²) in [5.74, 6) is 2.64. The van der Waals surface area contributed by atoms with Gasteiger partial charge in [-0.15, -0.1) is 0 Å². The molecule has 212 valence electrons. The Morgan fingerprint density at radius 3 is 1.40 bits per heavy atom. The smallest absolute Gasteiger partial charge is 0.127 e. The largest absolute Gasteiger partial charge is 0.492 e. The Labute approximate surface area is 253 Å². The van der Waals surface area contributed by atoms with Crippen molar-refractivity contribution in [1.29, 1.82) is 0 Å². The minimum Gasteiger partial charge on any atom is -0.492 e. The molecule has 0 N–H and O–H groups in total. The van der Waals surface area contributed by atoms with Crippen molar-refractivity contribution in [3.8, 4) is 33.8 Å². The fraction of sp³-hybridized carbons (Fsp3) is 0.220. The zero-order chi connectivity index (χ0) is 28.6. The highest BCUT2D eigenvalue weighted by Gasteiger charge is 2.24. The zero-order valence-electron chi connectivity index (χ0n) is 24.5. The number of benzene rings is 6. The molecule has 0 spiro atoms. The molecule has 0 amide bonds. The number of fused-ring (bicyclic) bond motifs is 7. The van der Waals surface area contributed by atoms with Crippen molar-refractivity contribution in [2.45, 2.75) is 43.9 Å². The topological polar surface area (TPSA) is 18.5 Å². The summed E-state index contributed by atoms with van der Waals surface area (Å²) in [4.78, 5) is 0. The van der Waals surface area contributed by atoms with Gasteiger partial charge in [-0.2, -0.15) is 0 Å². The predicted octanol–water partition coefficient (Wildman–Crippen LogP) is 10.9. The van der Waals surface area contributed by atoms with Gasteiger partial charge in [-0.1, -0.05) is 128 Å². The summed E-state index contributed by atoms with van der Waals surface area (Å²) >= 11 is 0. The molecule has 0 radical (unpaired) electrons. The van der Waals surface area contributed by atoms with E-state index in [0.717, 1.165) is 28.5 Å². The lowest BCUT2D eigenvalue weighted by Crippen LogP contribution is -2.17. The Balaban J connectivity index is 1.13. The van der Waals surface area contributed by atoms with E-state index < -0.39 is 0 Å². The molecule has 6 aromatic carbocycles. The first-order chi connectivity index (χ1) is 21.3. The molecule has 1 fully saturated rings. The number of hydrogen-bond acceptors (Lipinski definition) is 2. The molecule has 2 nitrogen and oxygen atoms in total. The maximum Gasteiger partial charge on any atom is 0.127 e. The van der Waals surface area contributed by atoms with Gasteiger partial charge in [0.15, 0.2) is 0 Å². The third-order valence-electron chi connectivity index (χ3n) is 9.61. The first kappa shape index (κ1) is 26.1. The monoisotopic (exact) mass is 560 g/mol. The molecular weight excluding hydrogens is 524 g/mol. The summed E-state index contributed by atoms with van der Waals surface area (Å²) in [7, 11) is 0. The molecule has 0 saturated heterocycles. The Hall–Kier alpha value is -4.56. The van der Waals surface area contributed by atoms with E-state index in [1.807, 2.05) is 0 Å². The van der Waals surface area contributed by atoms with Gasteiger partial charge in [-0.05, 0) is 74.7 Å². The third kappa shape index (κ3) is 4.95. The zero-order valence-corrected chi connectivity index (χ0v) is 24.5. The van der Waals surface area contributed by atoms with Crippen molar-refractivity contribution in [3.05, 3.63) is 132 Å². The van der Waals surface area contributed by atoms with Crippen molar-refractivity contribution in [2.75, 3.05) is 13.2 Å². The quantitative estimate of drug-likeness (QED) is 0.214. The van der Waals surface area contributed by atoms with Crippen LogP contribution in [0.5, 0.6) is 11.5 Å². The molecule has 0 aromatic heterocycles. The molecule has 43 heavy (non-hydrogen) atoms. The number of rotatable bonds is 3. The lowest BCUT2D eigenvalue weighted by atomic mass is 9.83. The van der Waals surface area contributed by atoms with Crippen molar-refractivity contribution < 1.29 is 9.47 Å². The van der Waals surface area contributed by atoms with Crippen molar-refractivity contribution in [2.24, 2.45) is 0 Å². The normalized spacial score (nSPS) is 15.9. The molecule has 1 heterocycles. The average molecular weight is 561 g/mol. The summed E-state index contributed by atoms with van der Waals surface area (Å²) in [6, 6.07) is 44.0. The van der Waals surface area contributed by atoms with Crippen molar-refractivity contribution in [3.63, 3.8) is 0 Å². The van der Waals surface area contributed by atoms with E-state index in [-0.39, 0.29) is 5.92 Å². The second kappa shape index (κ2) is 11.3. The summed E-state index contributed by atoms with van der Waals surface area (Å²) in [5.41, 5.74) is 7.47. The summed E-state index contributed by atoms with van der Waals surface area (Å²) in [5, 5.41) is 4.75. The molecule has 1 aliphatic heterocycles. The molecule has 6 aromatic rings. The fourth-order valence-corrected chi connectivity index (χ4v) is 7.21. The van der Waals surface area contributed by atoms with E-state index >= 15 is 0 Å². The molecule has 2 aliphatic rings. The molecular formula is C41H36O2. The lowest BCUT2D eigenvalue weighted by Gasteiger charge is -2.22. The van der Waals surface area contributed by atoms with Crippen molar-refractivity contribution in [1.82, 2.24) is 0 Å². The van der Waals surface area contributed by atoms with Crippen LogP contribution < -0.4 is 9.47 Å².